The molecule has 0 aliphatic heterocycles. The molecule has 1 heterocycles. The highest BCUT2D eigenvalue weighted by Gasteiger charge is 2.09. The van der Waals surface area contributed by atoms with Gasteiger partial charge in [-0.25, -0.2) is 4.98 Å². The Morgan fingerprint density at radius 2 is 1.84 bits per heavy atom. The normalized spacial score (nSPS) is 11.2. The average Bonchev–Trinajstić information content (AvgIpc) is 3.24. The molecule has 0 fully saturated rings. The molecular formula is C25H21NO3S2. The lowest BCUT2D eigenvalue weighted by Gasteiger charge is -2.08. The molecule has 0 saturated heterocycles. The summed E-state index contributed by atoms with van der Waals surface area (Å²) in [6.45, 7) is 0. The molecule has 0 saturated carbocycles. The number of rotatable bonds is 8. The van der Waals surface area contributed by atoms with Crippen LogP contribution in [-0.4, -0.2) is 25.0 Å². The molecule has 6 heteroatoms. The van der Waals surface area contributed by atoms with Gasteiger partial charge in [0.25, 0.3) is 0 Å². The van der Waals surface area contributed by atoms with Crippen molar-refractivity contribution < 1.29 is 14.3 Å². The van der Waals surface area contributed by atoms with E-state index in [1.165, 1.54) is 4.70 Å². The molecule has 4 rings (SSSR count). The first-order valence-electron chi connectivity index (χ1n) is 9.68. The monoisotopic (exact) mass is 447 g/mol. The molecule has 1 aromatic heterocycles. The molecule has 0 amide bonds. The first-order valence-corrected chi connectivity index (χ1v) is 11.5. The van der Waals surface area contributed by atoms with Crippen molar-refractivity contribution in [3.05, 3.63) is 89.5 Å². The van der Waals surface area contributed by atoms with Gasteiger partial charge in [0.2, 0.25) is 0 Å². The number of fused-ring (bicyclic) bond motifs is 1. The summed E-state index contributed by atoms with van der Waals surface area (Å²) in [5, 5.41) is 0. The SMILES string of the molecule is COc1ccc(C(=O)/C=C/c2ccc(OC)c(CSc3nc4ccccc4s3)c2)cc1. The van der Waals surface area contributed by atoms with E-state index in [1.54, 1.807) is 67.7 Å². The van der Waals surface area contributed by atoms with E-state index in [0.717, 1.165) is 38.2 Å². The van der Waals surface area contributed by atoms with Crippen molar-refractivity contribution in [1.29, 1.82) is 0 Å². The van der Waals surface area contributed by atoms with Crippen LogP contribution in [0, 0.1) is 0 Å². The maximum Gasteiger partial charge on any atom is 0.185 e. The smallest absolute Gasteiger partial charge is 0.185 e. The van der Waals surface area contributed by atoms with E-state index >= 15 is 0 Å². The highest BCUT2D eigenvalue weighted by molar-refractivity contribution is 8.00. The molecule has 0 atom stereocenters. The highest BCUT2D eigenvalue weighted by atomic mass is 32.2. The molecule has 0 aliphatic carbocycles. The van der Waals surface area contributed by atoms with Crippen molar-refractivity contribution in [3.8, 4) is 11.5 Å². The fourth-order valence-corrected chi connectivity index (χ4v) is 5.14. The minimum absolute atomic E-state index is 0.0520. The maximum absolute atomic E-state index is 12.5. The number of hydrogen-bond acceptors (Lipinski definition) is 6. The van der Waals surface area contributed by atoms with E-state index < -0.39 is 0 Å². The molecule has 31 heavy (non-hydrogen) atoms. The summed E-state index contributed by atoms with van der Waals surface area (Å²) in [5.41, 5.74) is 3.65. The molecule has 0 N–H and O–H groups in total. The van der Waals surface area contributed by atoms with Crippen LogP contribution in [0.4, 0.5) is 0 Å². The van der Waals surface area contributed by atoms with Gasteiger partial charge in [0.05, 0.1) is 24.4 Å². The molecule has 0 spiro atoms. The Morgan fingerprint density at radius 3 is 2.58 bits per heavy atom. The number of thiazole rings is 1. The predicted molar refractivity (Wildman–Crippen MR) is 129 cm³/mol. The number of carbonyl (C=O) groups is 1. The summed E-state index contributed by atoms with van der Waals surface area (Å²) >= 11 is 3.38. The van der Waals surface area contributed by atoms with Gasteiger partial charge < -0.3 is 9.47 Å². The fraction of sp³-hybridized carbons (Fsp3) is 0.120. The van der Waals surface area contributed by atoms with Crippen LogP contribution in [0.3, 0.4) is 0 Å². The Bertz CT molecular complexity index is 1200. The van der Waals surface area contributed by atoms with Gasteiger partial charge in [-0.1, -0.05) is 36.0 Å². The molecule has 0 bridgehead atoms. The van der Waals surface area contributed by atoms with Crippen LogP contribution in [0.5, 0.6) is 11.5 Å². The van der Waals surface area contributed by atoms with Gasteiger partial charge in [-0.2, -0.15) is 0 Å². The van der Waals surface area contributed by atoms with Gasteiger partial charge in [-0.05, 0) is 60.2 Å². The van der Waals surface area contributed by atoms with Crippen molar-refractivity contribution in [2.24, 2.45) is 0 Å². The number of para-hydroxylation sites is 1. The number of benzene rings is 3. The summed E-state index contributed by atoms with van der Waals surface area (Å²) in [4.78, 5) is 17.1. The minimum Gasteiger partial charge on any atom is -0.497 e. The van der Waals surface area contributed by atoms with Gasteiger partial charge in [0.1, 0.15) is 11.5 Å². The van der Waals surface area contributed by atoms with Crippen LogP contribution in [0.2, 0.25) is 0 Å². The molecule has 4 nitrogen and oxygen atoms in total. The van der Waals surface area contributed by atoms with Crippen LogP contribution in [0.25, 0.3) is 16.3 Å². The van der Waals surface area contributed by atoms with E-state index in [4.69, 9.17) is 9.47 Å². The number of nitrogens with zero attached hydrogens (tertiary/aromatic N) is 1. The Hall–Kier alpha value is -3.09. The van der Waals surface area contributed by atoms with Gasteiger partial charge in [-0.15, -0.1) is 11.3 Å². The topological polar surface area (TPSA) is 48.4 Å². The third-order valence-corrected chi connectivity index (χ3v) is 6.96. The third-order valence-electron chi connectivity index (χ3n) is 4.73. The van der Waals surface area contributed by atoms with Crippen LogP contribution in [0.1, 0.15) is 21.5 Å². The first-order chi connectivity index (χ1) is 15.2. The van der Waals surface area contributed by atoms with E-state index in [2.05, 4.69) is 17.1 Å². The number of ketones is 1. The van der Waals surface area contributed by atoms with Gasteiger partial charge in [-0.3, -0.25) is 4.79 Å². The number of methoxy groups -OCH3 is 2. The van der Waals surface area contributed by atoms with Gasteiger partial charge in [0, 0.05) is 16.9 Å². The zero-order valence-electron chi connectivity index (χ0n) is 17.2. The average molecular weight is 448 g/mol. The Morgan fingerprint density at radius 1 is 1.03 bits per heavy atom. The molecule has 3 aromatic carbocycles. The minimum atomic E-state index is -0.0520. The quantitative estimate of drug-likeness (QED) is 0.175. The zero-order valence-corrected chi connectivity index (χ0v) is 18.8. The number of hydrogen-bond donors (Lipinski definition) is 0. The number of carbonyl (C=O) groups excluding carboxylic acids is 1. The second-order valence-electron chi connectivity index (χ2n) is 6.73. The highest BCUT2D eigenvalue weighted by Crippen LogP contribution is 2.34. The summed E-state index contributed by atoms with van der Waals surface area (Å²) in [6, 6.07) is 21.2. The predicted octanol–water partition coefficient (Wildman–Crippen LogP) is 6.50. The Kier molecular flexibility index (Phi) is 6.70. The van der Waals surface area contributed by atoms with Gasteiger partial charge >= 0.3 is 0 Å². The molecule has 156 valence electrons. The first kappa shape index (κ1) is 21.2. The summed E-state index contributed by atoms with van der Waals surface area (Å²) in [5.74, 6) is 2.24. The standard InChI is InChI=1S/C25H21NO3S2/c1-28-20-11-9-18(10-12-20)22(27)13-7-17-8-14-23(29-2)19(15-17)16-30-25-26-21-5-3-4-6-24(21)31-25/h3-15H,16H2,1-2H3/b13-7+. The number of ether oxygens (including phenoxy) is 2. The van der Waals surface area contributed by atoms with Crippen molar-refractivity contribution in [1.82, 2.24) is 4.98 Å². The lowest BCUT2D eigenvalue weighted by Crippen LogP contribution is -1.95. The van der Waals surface area contributed by atoms with E-state index in [1.807, 2.05) is 36.4 Å². The summed E-state index contributed by atoms with van der Waals surface area (Å²) in [6.07, 6.45) is 3.42. The van der Waals surface area contributed by atoms with Crippen LogP contribution in [-0.2, 0) is 5.75 Å². The van der Waals surface area contributed by atoms with E-state index in [9.17, 15) is 4.79 Å². The van der Waals surface area contributed by atoms with Crippen molar-refractivity contribution in [2.75, 3.05) is 14.2 Å². The van der Waals surface area contributed by atoms with Gasteiger partial charge in [0.15, 0.2) is 10.1 Å². The van der Waals surface area contributed by atoms with Crippen molar-refractivity contribution >= 4 is 45.2 Å². The van der Waals surface area contributed by atoms with Crippen molar-refractivity contribution in [3.63, 3.8) is 0 Å². The van der Waals surface area contributed by atoms with E-state index in [0.29, 0.717) is 5.56 Å². The fourth-order valence-electron chi connectivity index (χ4n) is 3.09. The summed E-state index contributed by atoms with van der Waals surface area (Å²) < 4.78 is 12.9. The van der Waals surface area contributed by atoms with E-state index in [-0.39, 0.29) is 5.78 Å². The number of allylic oxidation sites excluding steroid dienone is 1. The van der Waals surface area contributed by atoms with Crippen LogP contribution in [0.15, 0.2) is 77.1 Å². The molecule has 0 aliphatic rings. The van der Waals surface area contributed by atoms with Crippen LogP contribution < -0.4 is 9.47 Å². The maximum atomic E-state index is 12.5. The zero-order chi connectivity index (χ0) is 21.6. The molecule has 0 unspecified atom stereocenters. The number of aromatic nitrogens is 1. The Balaban J connectivity index is 1.48. The molecule has 0 radical (unpaired) electrons. The summed E-state index contributed by atoms with van der Waals surface area (Å²) in [7, 11) is 3.27. The Labute approximate surface area is 189 Å². The van der Waals surface area contributed by atoms with Crippen LogP contribution >= 0.6 is 23.1 Å². The third kappa shape index (κ3) is 5.16. The number of thioether (sulfide) groups is 1. The largest absolute Gasteiger partial charge is 0.497 e. The lowest BCUT2D eigenvalue weighted by atomic mass is 10.1. The van der Waals surface area contributed by atoms with Crippen molar-refractivity contribution in [2.45, 2.75) is 10.1 Å². The second-order valence-corrected chi connectivity index (χ2v) is 8.99. The molecular weight excluding hydrogens is 426 g/mol. The lowest BCUT2D eigenvalue weighted by molar-refractivity contribution is 0.104. The second kappa shape index (κ2) is 9.81. The molecule has 4 aromatic rings.